The maximum absolute atomic E-state index is 15.6. The van der Waals surface area contributed by atoms with Crippen LogP contribution in [0.5, 0.6) is 5.88 Å². The number of likely N-dealkylation sites (N-methyl/N-ethyl adjacent to an activating group) is 1. The van der Waals surface area contributed by atoms with Crippen LogP contribution < -0.4 is 4.74 Å². The molecule has 0 saturated carbocycles. The number of fused-ring (bicyclic) bond motifs is 2. The molecule has 1 aromatic carbocycles. The van der Waals surface area contributed by atoms with Crippen LogP contribution in [-0.2, 0) is 11.2 Å². The van der Waals surface area contributed by atoms with Gasteiger partial charge in [-0.25, -0.2) is 13.8 Å². The van der Waals surface area contributed by atoms with E-state index in [1.54, 1.807) is 13.0 Å². The van der Waals surface area contributed by atoms with Crippen molar-refractivity contribution >= 4 is 11.5 Å². The first-order valence-electron chi connectivity index (χ1n) is 12.7. The Morgan fingerprint density at radius 3 is 2.81 bits per heavy atom. The van der Waals surface area contributed by atoms with Gasteiger partial charge >= 0.3 is 5.97 Å². The summed E-state index contributed by atoms with van der Waals surface area (Å²) in [5, 5.41) is 9.39. The summed E-state index contributed by atoms with van der Waals surface area (Å²) in [4.78, 5) is 19.6. The van der Waals surface area contributed by atoms with Crippen LogP contribution >= 0.6 is 0 Å². The highest BCUT2D eigenvalue weighted by atomic mass is 19.1. The van der Waals surface area contributed by atoms with Crippen molar-refractivity contribution in [2.75, 3.05) is 40.0 Å². The minimum absolute atomic E-state index is 0.0780. The zero-order valence-corrected chi connectivity index (χ0v) is 21.6. The van der Waals surface area contributed by atoms with Crippen molar-refractivity contribution in [2.24, 2.45) is 0 Å². The van der Waals surface area contributed by atoms with Crippen molar-refractivity contribution in [1.82, 2.24) is 14.8 Å². The molecule has 2 aliphatic rings. The van der Waals surface area contributed by atoms with E-state index < -0.39 is 17.8 Å². The molecule has 1 N–H and O–H groups in total. The second kappa shape index (κ2) is 11.6. The number of pyridine rings is 1. The number of carboxylic acids is 1. The molecule has 6 nitrogen and oxygen atoms in total. The molecular formula is C28H34F3N3O3. The summed E-state index contributed by atoms with van der Waals surface area (Å²) in [6, 6.07) is 4.14. The van der Waals surface area contributed by atoms with E-state index in [1.807, 2.05) is 23.8 Å². The van der Waals surface area contributed by atoms with Crippen LogP contribution in [0.2, 0.25) is 0 Å². The molecule has 0 radical (unpaired) electrons. The van der Waals surface area contributed by atoms with Gasteiger partial charge in [0.05, 0.1) is 25.3 Å². The Balaban J connectivity index is 1.70. The van der Waals surface area contributed by atoms with Gasteiger partial charge in [-0.05, 0) is 74.6 Å². The number of aromatic nitrogens is 1. The van der Waals surface area contributed by atoms with Crippen LogP contribution in [0.3, 0.4) is 0 Å². The zero-order chi connectivity index (χ0) is 26.7. The molecule has 9 heteroatoms. The number of rotatable bonds is 11. The number of hydrogen-bond donors (Lipinski definition) is 1. The van der Waals surface area contributed by atoms with E-state index in [1.165, 1.54) is 12.1 Å². The first-order valence-corrected chi connectivity index (χ1v) is 12.7. The molecule has 0 amide bonds. The summed E-state index contributed by atoms with van der Waals surface area (Å²) in [5.41, 5.74) is 4.78. The second-order valence-electron chi connectivity index (χ2n) is 9.96. The summed E-state index contributed by atoms with van der Waals surface area (Å²) >= 11 is 0. The lowest BCUT2D eigenvalue weighted by molar-refractivity contribution is -0.137. The highest BCUT2D eigenvalue weighted by molar-refractivity contribution is 5.79. The molecular weight excluding hydrogens is 483 g/mol. The molecule has 0 spiro atoms. The fraction of sp³-hybridized carbons (Fsp3) is 0.500. The van der Waals surface area contributed by atoms with Crippen molar-refractivity contribution in [1.29, 1.82) is 0 Å². The number of nitrogens with zero attached hydrogens (tertiary/aromatic N) is 3. The van der Waals surface area contributed by atoms with Crippen molar-refractivity contribution in [3.8, 4) is 5.88 Å². The average Bonchev–Trinajstić information content (AvgIpc) is 3.20. The average molecular weight is 518 g/mol. The van der Waals surface area contributed by atoms with Gasteiger partial charge in [-0.2, -0.15) is 0 Å². The first-order chi connectivity index (χ1) is 17.7. The number of benzene rings is 1. The number of carboxylic acid groups (broad SMARTS) is 1. The third-order valence-electron chi connectivity index (χ3n) is 7.41. The van der Waals surface area contributed by atoms with E-state index in [0.29, 0.717) is 56.0 Å². The molecule has 2 atom stereocenters. The number of ether oxygens (including phenoxy) is 1. The van der Waals surface area contributed by atoms with Gasteiger partial charge in [0.2, 0.25) is 5.88 Å². The predicted molar refractivity (Wildman–Crippen MR) is 135 cm³/mol. The Morgan fingerprint density at radius 2 is 2.08 bits per heavy atom. The Labute approximate surface area is 215 Å². The van der Waals surface area contributed by atoms with Gasteiger partial charge in [0, 0.05) is 36.8 Å². The molecule has 0 bridgehead atoms. The Hall–Kier alpha value is -2.91. The van der Waals surface area contributed by atoms with Crippen LogP contribution in [0.15, 0.2) is 30.0 Å². The monoisotopic (exact) mass is 517 g/mol. The van der Waals surface area contributed by atoms with Crippen molar-refractivity contribution in [3.05, 3.63) is 63.9 Å². The van der Waals surface area contributed by atoms with E-state index in [9.17, 15) is 18.7 Å². The van der Waals surface area contributed by atoms with Gasteiger partial charge in [-0.1, -0.05) is 6.07 Å². The van der Waals surface area contributed by atoms with Gasteiger partial charge in [0.1, 0.15) is 18.2 Å². The molecule has 4 rings (SSSR count). The molecule has 2 aromatic rings. The summed E-state index contributed by atoms with van der Waals surface area (Å²) in [7, 11) is 1.88. The Bertz CT molecular complexity index is 1190. The third kappa shape index (κ3) is 5.83. The molecule has 1 aliphatic carbocycles. The molecule has 37 heavy (non-hydrogen) atoms. The van der Waals surface area contributed by atoms with Gasteiger partial charge in [-0.3, -0.25) is 14.1 Å². The quantitative estimate of drug-likeness (QED) is 0.455. The Morgan fingerprint density at radius 1 is 1.30 bits per heavy atom. The number of alkyl halides is 1. The standard InChI is InChI=1S/C28H34F3N3O3/c1-17-13-22-21-15-20(30)6-5-19(21)14-23(22)27(34(17)10-7-25(35)36)26-18(2)28(32-16-24(26)31)37-12-11-33(3)9-4-8-29/h5-6,15-17,27H,4,7-14H2,1-3H3,(H,35,36)/t17-,27+/m1/s1. The van der Waals surface area contributed by atoms with E-state index >= 15 is 4.39 Å². The maximum Gasteiger partial charge on any atom is 0.304 e. The molecule has 1 aromatic heterocycles. The van der Waals surface area contributed by atoms with Crippen LogP contribution in [0.25, 0.3) is 5.57 Å². The summed E-state index contributed by atoms with van der Waals surface area (Å²) in [6.45, 7) is 5.12. The minimum Gasteiger partial charge on any atom is -0.481 e. The van der Waals surface area contributed by atoms with Gasteiger partial charge in [0.25, 0.3) is 0 Å². The number of halogens is 3. The molecule has 200 valence electrons. The molecule has 1 aliphatic heterocycles. The lowest BCUT2D eigenvalue weighted by Gasteiger charge is -2.42. The topological polar surface area (TPSA) is 65.9 Å². The molecule has 0 fully saturated rings. The van der Waals surface area contributed by atoms with E-state index in [2.05, 4.69) is 4.98 Å². The fourth-order valence-electron chi connectivity index (χ4n) is 5.55. The SMILES string of the molecule is Cc1c(OCCN(C)CCCF)ncc(F)c1[C@@H]1C2=C(C[C@@H](C)N1CCC(=O)O)c1cc(F)ccc1C2. The predicted octanol–water partition coefficient (Wildman–Crippen LogP) is 4.96. The maximum atomic E-state index is 15.6. The van der Waals surface area contributed by atoms with Gasteiger partial charge < -0.3 is 14.7 Å². The van der Waals surface area contributed by atoms with Crippen LogP contribution in [-0.4, -0.2) is 71.9 Å². The van der Waals surface area contributed by atoms with E-state index in [4.69, 9.17) is 4.74 Å². The number of aliphatic carboxylic acids is 1. The number of hydrogen-bond acceptors (Lipinski definition) is 5. The molecule has 0 saturated heterocycles. The first kappa shape index (κ1) is 27.1. The van der Waals surface area contributed by atoms with Crippen molar-refractivity contribution in [2.45, 2.75) is 51.6 Å². The van der Waals surface area contributed by atoms with Crippen molar-refractivity contribution < 1.29 is 27.8 Å². The fourth-order valence-corrected chi connectivity index (χ4v) is 5.55. The van der Waals surface area contributed by atoms with Gasteiger partial charge in [0.15, 0.2) is 0 Å². The third-order valence-corrected chi connectivity index (χ3v) is 7.41. The number of carbonyl (C=O) groups is 1. The highest BCUT2D eigenvalue weighted by Gasteiger charge is 2.41. The zero-order valence-electron chi connectivity index (χ0n) is 21.6. The molecule has 2 heterocycles. The van der Waals surface area contributed by atoms with Crippen LogP contribution in [0, 0.1) is 18.6 Å². The highest BCUT2D eigenvalue weighted by Crippen LogP contribution is 2.50. The van der Waals surface area contributed by atoms with Crippen molar-refractivity contribution in [3.63, 3.8) is 0 Å². The van der Waals surface area contributed by atoms with Crippen LogP contribution in [0.4, 0.5) is 13.2 Å². The van der Waals surface area contributed by atoms with E-state index in [0.717, 1.165) is 28.5 Å². The summed E-state index contributed by atoms with van der Waals surface area (Å²) in [6.07, 6.45) is 2.70. The summed E-state index contributed by atoms with van der Waals surface area (Å²) in [5.74, 6) is -1.41. The van der Waals surface area contributed by atoms with E-state index in [-0.39, 0.29) is 31.5 Å². The smallest absolute Gasteiger partial charge is 0.304 e. The lowest BCUT2D eigenvalue weighted by Crippen LogP contribution is -2.42. The molecule has 0 unspecified atom stereocenters. The second-order valence-corrected chi connectivity index (χ2v) is 9.96. The van der Waals surface area contributed by atoms with Gasteiger partial charge in [-0.15, -0.1) is 0 Å². The largest absolute Gasteiger partial charge is 0.481 e. The minimum atomic E-state index is -0.921. The lowest BCUT2D eigenvalue weighted by atomic mass is 9.83. The summed E-state index contributed by atoms with van der Waals surface area (Å²) < 4.78 is 48.1. The normalized spacial score (nSPS) is 19.3. The Kier molecular flexibility index (Phi) is 8.54. The van der Waals surface area contributed by atoms with Crippen LogP contribution in [0.1, 0.15) is 54.5 Å².